The van der Waals surface area contributed by atoms with E-state index in [2.05, 4.69) is 114 Å². The van der Waals surface area contributed by atoms with E-state index in [0.717, 1.165) is 0 Å². The van der Waals surface area contributed by atoms with Gasteiger partial charge in [0.1, 0.15) is 0 Å². The summed E-state index contributed by atoms with van der Waals surface area (Å²) in [4.78, 5) is 3.69. The number of benzene rings is 7. The number of para-hydroxylation sites is 1. The first-order valence-corrected chi connectivity index (χ1v) is 11.5. The molecular formula is C32H19N. The number of fused-ring (bicyclic) bond motifs is 13. The van der Waals surface area contributed by atoms with Crippen LogP contribution < -0.4 is 0 Å². The van der Waals surface area contributed by atoms with Gasteiger partial charge in [0, 0.05) is 21.7 Å². The molecule has 0 saturated carbocycles. The van der Waals surface area contributed by atoms with Crippen molar-refractivity contribution in [1.82, 2.24) is 4.98 Å². The molecule has 8 aromatic rings. The Morgan fingerprint density at radius 1 is 0.333 bits per heavy atom. The topological polar surface area (TPSA) is 15.8 Å². The summed E-state index contributed by atoms with van der Waals surface area (Å²) >= 11 is 0. The predicted octanol–water partition coefficient (Wildman–Crippen LogP) is 9.09. The van der Waals surface area contributed by atoms with Crippen molar-refractivity contribution in [3.8, 4) is 0 Å². The summed E-state index contributed by atoms with van der Waals surface area (Å²) in [6.07, 6.45) is 0. The first kappa shape index (κ1) is 17.2. The van der Waals surface area contributed by atoms with E-state index in [4.69, 9.17) is 0 Å². The Labute approximate surface area is 189 Å². The van der Waals surface area contributed by atoms with Crippen LogP contribution in [0.3, 0.4) is 0 Å². The van der Waals surface area contributed by atoms with Crippen molar-refractivity contribution in [3.05, 3.63) is 109 Å². The average Bonchev–Trinajstić information content (AvgIpc) is 3.26. The van der Waals surface area contributed by atoms with Gasteiger partial charge in [0.25, 0.3) is 0 Å². The quantitative estimate of drug-likeness (QED) is 0.237. The highest BCUT2D eigenvalue weighted by atomic mass is 14.7. The maximum absolute atomic E-state index is 3.69. The third-order valence-corrected chi connectivity index (χ3v) is 7.36. The highest BCUT2D eigenvalue weighted by Gasteiger charge is 2.13. The van der Waals surface area contributed by atoms with Gasteiger partial charge in [-0.05, 0) is 54.5 Å². The van der Waals surface area contributed by atoms with Gasteiger partial charge >= 0.3 is 0 Å². The van der Waals surface area contributed by atoms with Crippen molar-refractivity contribution in [2.45, 2.75) is 0 Å². The van der Waals surface area contributed by atoms with E-state index >= 15 is 0 Å². The summed E-state index contributed by atoms with van der Waals surface area (Å²) in [6, 6.07) is 40.1. The van der Waals surface area contributed by atoms with E-state index in [9.17, 15) is 0 Å². The minimum atomic E-state index is 1.19. The lowest BCUT2D eigenvalue weighted by Crippen LogP contribution is -1.85. The maximum atomic E-state index is 3.69. The summed E-state index contributed by atoms with van der Waals surface area (Å²) in [5.41, 5.74) is 2.41. The number of aromatic nitrogens is 1. The summed E-state index contributed by atoms with van der Waals surface area (Å²) in [5, 5.41) is 15.6. The molecule has 1 heterocycles. The second kappa shape index (κ2) is 6.11. The van der Waals surface area contributed by atoms with Crippen molar-refractivity contribution < 1.29 is 0 Å². The van der Waals surface area contributed by atoms with Crippen LogP contribution in [-0.2, 0) is 0 Å². The van der Waals surface area contributed by atoms with Gasteiger partial charge in [-0.25, -0.2) is 0 Å². The van der Waals surface area contributed by atoms with Crippen molar-refractivity contribution in [3.63, 3.8) is 0 Å². The minimum absolute atomic E-state index is 1.19. The number of H-pyrrole nitrogens is 1. The van der Waals surface area contributed by atoms with E-state index < -0.39 is 0 Å². The molecule has 1 N–H and O–H groups in total. The van der Waals surface area contributed by atoms with Gasteiger partial charge in [-0.15, -0.1) is 0 Å². The molecule has 0 aliphatic heterocycles. The van der Waals surface area contributed by atoms with Crippen LogP contribution >= 0.6 is 0 Å². The van der Waals surface area contributed by atoms with E-state index in [-0.39, 0.29) is 0 Å². The van der Waals surface area contributed by atoms with Crippen molar-refractivity contribution in [2.24, 2.45) is 0 Å². The van der Waals surface area contributed by atoms with Gasteiger partial charge in [-0.3, -0.25) is 0 Å². The first-order valence-electron chi connectivity index (χ1n) is 11.5. The lowest BCUT2D eigenvalue weighted by Gasteiger charge is -2.12. The number of hydrogen-bond donors (Lipinski definition) is 1. The Morgan fingerprint density at radius 3 is 1.64 bits per heavy atom. The summed E-state index contributed by atoms with van der Waals surface area (Å²) < 4.78 is 0. The van der Waals surface area contributed by atoms with Crippen molar-refractivity contribution >= 4 is 75.7 Å². The molecule has 0 radical (unpaired) electrons. The standard InChI is InChI=1S/C32H19N/c1-2-6-22-19(5-1)9-10-20-11-15-25-24(30(20)22)14-12-21-13-16-28-26(31(21)25)17-18-27-23-7-3-4-8-29(23)33-32(27)28/h1-18,33H. The Hall–Kier alpha value is -4.36. The Bertz CT molecular complexity index is 2070. The van der Waals surface area contributed by atoms with E-state index in [1.165, 1.54) is 75.7 Å². The third-order valence-electron chi connectivity index (χ3n) is 7.36. The maximum Gasteiger partial charge on any atom is 0.0544 e. The van der Waals surface area contributed by atoms with Crippen LogP contribution in [0.15, 0.2) is 109 Å². The fourth-order valence-corrected chi connectivity index (χ4v) is 5.87. The van der Waals surface area contributed by atoms with E-state index in [1.807, 2.05) is 0 Å². The molecule has 0 spiro atoms. The van der Waals surface area contributed by atoms with Gasteiger partial charge in [-0.2, -0.15) is 0 Å². The smallest absolute Gasteiger partial charge is 0.0544 e. The number of aromatic amines is 1. The summed E-state index contributed by atoms with van der Waals surface area (Å²) in [7, 11) is 0. The van der Waals surface area contributed by atoms with Crippen molar-refractivity contribution in [1.29, 1.82) is 0 Å². The zero-order chi connectivity index (χ0) is 21.5. The summed E-state index contributed by atoms with van der Waals surface area (Å²) in [6.45, 7) is 0. The van der Waals surface area contributed by atoms with Crippen LogP contribution in [0.2, 0.25) is 0 Å². The van der Waals surface area contributed by atoms with Crippen LogP contribution in [0.4, 0.5) is 0 Å². The number of nitrogens with one attached hydrogen (secondary N) is 1. The molecular weight excluding hydrogens is 398 g/mol. The molecule has 0 saturated heterocycles. The van der Waals surface area contributed by atoms with Gasteiger partial charge in [-0.1, -0.05) is 103 Å². The molecule has 0 atom stereocenters. The van der Waals surface area contributed by atoms with Crippen LogP contribution in [0.1, 0.15) is 0 Å². The highest BCUT2D eigenvalue weighted by Crippen LogP contribution is 2.40. The molecule has 1 nitrogen and oxygen atoms in total. The van der Waals surface area contributed by atoms with Gasteiger partial charge in [0.15, 0.2) is 0 Å². The van der Waals surface area contributed by atoms with Crippen LogP contribution in [0, 0.1) is 0 Å². The SMILES string of the molecule is c1ccc2c(c1)ccc1ccc3c(ccc4ccc5c(ccc6c7ccccc7[nH]c65)c43)c12. The molecule has 0 aliphatic rings. The Morgan fingerprint density at radius 2 is 0.818 bits per heavy atom. The lowest BCUT2D eigenvalue weighted by atomic mass is 9.91. The third kappa shape index (κ3) is 2.21. The first-order chi connectivity index (χ1) is 16.4. The molecule has 0 unspecified atom stereocenters. The molecule has 152 valence electrons. The Kier molecular flexibility index (Phi) is 3.19. The van der Waals surface area contributed by atoms with Gasteiger partial charge in [0.2, 0.25) is 0 Å². The second-order valence-electron chi connectivity index (χ2n) is 9.03. The monoisotopic (exact) mass is 417 g/mol. The minimum Gasteiger partial charge on any atom is -0.354 e. The average molecular weight is 418 g/mol. The molecule has 0 bridgehead atoms. The van der Waals surface area contributed by atoms with Crippen LogP contribution in [0.5, 0.6) is 0 Å². The molecule has 0 amide bonds. The number of hydrogen-bond acceptors (Lipinski definition) is 0. The zero-order valence-corrected chi connectivity index (χ0v) is 17.9. The lowest BCUT2D eigenvalue weighted by molar-refractivity contribution is 1.56. The molecule has 1 heteroatoms. The molecule has 0 fully saturated rings. The largest absolute Gasteiger partial charge is 0.354 e. The zero-order valence-electron chi connectivity index (χ0n) is 17.9. The fourth-order valence-electron chi connectivity index (χ4n) is 5.87. The number of rotatable bonds is 0. The van der Waals surface area contributed by atoms with E-state index in [1.54, 1.807) is 0 Å². The van der Waals surface area contributed by atoms with Crippen LogP contribution in [-0.4, -0.2) is 4.98 Å². The van der Waals surface area contributed by atoms with Gasteiger partial charge < -0.3 is 4.98 Å². The van der Waals surface area contributed by atoms with Crippen molar-refractivity contribution in [2.75, 3.05) is 0 Å². The molecule has 7 aromatic carbocycles. The van der Waals surface area contributed by atoms with Crippen LogP contribution in [0.25, 0.3) is 75.7 Å². The highest BCUT2D eigenvalue weighted by molar-refractivity contribution is 6.31. The van der Waals surface area contributed by atoms with Gasteiger partial charge in [0.05, 0.1) is 5.52 Å². The predicted molar refractivity (Wildman–Crippen MR) is 143 cm³/mol. The summed E-state index contributed by atoms with van der Waals surface area (Å²) in [5.74, 6) is 0. The Balaban J connectivity index is 1.60. The fraction of sp³-hybridized carbons (Fsp3) is 0. The molecule has 33 heavy (non-hydrogen) atoms. The normalized spacial score (nSPS) is 12.2. The second-order valence-corrected chi connectivity index (χ2v) is 9.03. The van der Waals surface area contributed by atoms with E-state index in [0.29, 0.717) is 0 Å². The molecule has 8 rings (SSSR count). The molecule has 1 aromatic heterocycles. The molecule has 0 aliphatic carbocycles.